The Morgan fingerprint density at radius 1 is 0.400 bits per heavy atom. The van der Waals surface area contributed by atoms with Crippen molar-refractivity contribution in [2.24, 2.45) is 54.1 Å². The fraction of sp³-hybridized carbons (Fsp3) is 0.635. The predicted octanol–water partition coefficient (Wildman–Crippen LogP) is 20.0. The maximum atomic E-state index is 13.2. The Hall–Kier alpha value is -5.48. The Kier molecular flexibility index (Phi) is 25.8. The maximum Gasteiger partial charge on any atom is 0.243 e. The van der Waals surface area contributed by atoms with Crippen LogP contribution in [0.15, 0.2) is 169 Å². The van der Waals surface area contributed by atoms with Crippen molar-refractivity contribution in [2.75, 3.05) is 32.7 Å². The SMILES string of the molecule is CC(=O)c1ccc(S(=O)(=O)N2CC3(C)CC2CC(C)(C)C3)cc1.CC(O)c1ccc(S(=O)(=O)N2CC3(C)CC2CC(C)(C)C3)cc1.CC1(C)CC2CC(C)(CN2S(=O)(=O)c2ccc(-c3ccco3)cc2)C1.CCC(C)(O)c1ccc(S(=O)(=O)N2CC3(C)CC2CC(C)(C)C3)cc1.CCC(C)c1ccc(S(=O)(=O)N2CC3(C)CC2CC(C)(C)C3)cc1. The predicted molar refractivity (Wildman–Crippen MR) is 476 cm³/mol. The van der Waals surface area contributed by atoms with Gasteiger partial charge in [0.15, 0.2) is 5.78 Å². The second-order valence-corrected chi connectivity index (χ2v) is 53.6. The van der Waals surface area contributed by atoms with Crippen LogP contribution in [0.5, 0.6) is 0 Å². The lowest BCUT2D eigenvalue weighted by molar-refractivity contribution is 0.0530. The fourth-order valence-corrected chi connectivity index (χ4v) is 33.4. The van der Waals surface area contributed by atoms with Gasteiger partial charge in [0.25, 0.3) is 0 Å². The number of Topliss-reactive ketones (excluding diaryl/α,β-unsaturated/α-hetero) is 1. The first-order valence-electron chi connectivity index (χ1n) is 43.7. The summed E-state index contributed by atoms with van der Waals surface area (Å²) in [5.74, 6) is 1.16. The number of ketones is 1. The highest BCUT2D eigenvalue weighted by atomic mass is 32.2. The van der Waals surface area contributed by atoms with Crippen molar-refractivity contribution in [1.29, 1.82) is 0 Å². The Morgan fingerprint density at radius 2 is 0.658 bits per heavy atom. The van der Waals surface area contributed by atoms with E-state index < -0.39 is 61.8 Å². The number of hydrogen-bond acceptors (Lipinski definition) is 14. The summed E-state index contributed by atoms with van der Waals surface area (Å²) in [6.45, 7) is 47.9. The van der Waals surface area contributed by atoms with Crippen molar-refractivity contribution in [1.82, 2.24) is 21.5 Å². The summed E-state index contributed by atoms with van der Waals surface area (Å²) < 4.78 is 146. The number of carbonyl (C=O) groups excluding carboxylic acids is 1. The third-order valence-electron chi connectivity index (χ3n) is 28.4. The van der Waals surface area contributed by atoms with E-state index in [0.29, 0.717) is 70.2 Å². The van der Waals surface area contributed by atoms with Crippen LogP contribution in [0.4, 0.5) is 0 Å². The molecule has 5 aromatic carbocycles. The Morgan fingerprint density at radius 3 is 0.900 bits per heavy atom. The molecule has 120 heavy (non-hydrogen) atoms. The number of rotatable bonds is 17. The molecule has 6 aromatic rings. The second-order valence-electron chi connectivity index (χ2n) is 44.2. The van der Waals surface area contributed by atoms with Crippen LogP contribution in [-0.4, -0.2) is 143 Å². The molecular weight excluding hydrogens is 1610 g/mol. The van der Waals surface area contributed by atoms with Crippen LogP contribution in [0.1, 0.15) is 294 Å². The molecule has 1 aromatic heterocycles. The molecule has 5 aliphatic heterocycles. The lowest BCUT2D eigenvalue weighted by Gasteiger charge is -2.39. The number of hydrogen-bond donors (Lipinski definition) is 2. The van der Waals surface area contributed by atoms with E-state index in [1.165, 1.54) is 12.5 Å². The van der Waals surface area contributed by atoms with E-state index in [1.807, 2.05) is 43.3 Å². The number of furan rings is 1. The van der Waals surface area contributed by atoms with Gasteiger partial charge in [-0.2, -0.15) is 21.5 Å². The van der Waals surface area contributed by atoms with Gasteiger partial charge in [-0.1, -0.05) is 173 Å². The molecule has 6 heterocycles. The van der Waals surface area contributed by atoms with Gasteiger partial charge in [0, 0.05) is 74.1 Å². The topological polar surface area (TPSA) is 258 Å². The van der Waals surface area contributed by atoms with Crippen molar-refractivity contribution in [2.45, 2.75) is 327 Å². The molecule has 5 saturated carbocycles. The molecule has 2 N–H and O–H groups in total. The number of sulfonamides is 5. The first-order chi connectivity index (χ1) is 55.2. The molecule has 13 unspecified atom stereocenters. The van der Waals surface area contributed by atoms with E-state index in [2.05, 4.69) is 118 Å². The number of carbonyl (C=O) groups is 1. The normalized spacial score (nSPS) is 30.8. The van der Waals surface area contributed by atoms with Crippen molar-refractivity contribution >= 4 is 55.9 Å². The monoisotopic (exact) mass is 1750 g/mol. The zero-order valence-electron chi connectivity index (χ0n) is 75.4. The number of nitrogens with zero attached hydrogens (tertiary/aromatic N) is 5. The van der Waals surface area contributed by atoms with Crippen molar-refractivity contribution in [3.8, 4) is 11.3 Å². The molecule has 5 saturated heterocycles. The van der Waals surface area contributed by atoms with Gasteiger partial charge in [-0.15, -0.1) is 0 Å². The summed E-state index contributed by atoms with van der Waals surface area (Å²) in [5.41, 5.74) is 4.62. The number of aliphatic hydroxyl groups excluding tert-OH is 1. The molecule has 16 rings (SSSR count). The lowest BCUT2D eigenvalue weighted by atomic mass is 9.65. The maximum absolute atomic E-state index is 13.2. The molecule has 19 nitrogen and oxygen atoms in total. The van der Waals surface area contributed by atoms with Gasteiger partial charge in [-0.25, -0.2) is 42.1 Å². The van der Waals surface area contributed by atoms with E-state index in [4.69, 9.17) is 4.42 Å². The zero-order chi connectivity index (χ0) is 88.4. The molecule has 10 fully saturated rings. The van der Waals surface area contributed by atoms with Gasteiger partial charge in [0.05, 0.1) is 42.4 Å². The van der Waals surface area contributed by atoms with E-state index in [-0.39, 0.29) is 95.0 Å². The summed E-state index contributed by atoms with van der Waals surface area (Å²) in [4.78, 5) is 13.1. The van der Waals surface area contributed by atoms with E-state index in [1.54, 1.807) is 139 Å². The summed E-state index contributed by atoms with van der Waals surface area (Å²) in [6, 6.07) is 38.6. The lowest BCUT2D eigenvalue weighted by Crippen LogP contribution is -2.37. The molecule has 10 bridgehead atoms. The highest BCUT2D eigenvalue weighted by Gasteiger charge is 2.59. The Labute approximate surface area is 720 Å². The fourth-order valence-electron chi connectivity index (χ4n) is 24.5. The molecule has 10 aliphatic rings. The first kappa shape index (κ1) is 93.7. The van der Waals surface area contributed by atoms with Crippen LogP contribution in [0, 0.1) is 54.1 Å². The summed E-state index contributed by atoms with van der Waals surface area (Å²) in [7, 11) is -17.3. The highest BCUT2D eigenvalue weighted by Crippen LogP contribution is 2.59. The molecular formula is C96H139N5O14S5. The molecule has 0 spiro atoms. The molecule has 5 aliphatic carbocycles. The third kappa shape index (κ3) is 20.2. The van der Waals surface area contributed by atoms with Gasteiger partial charge >= 0.3 is 0 Å². The van der Waals surface area contributed by atoms with Crippen molar-refractivity contribution in [3.05, 3.63) is 162 Å². The van der Waals surface area contributed by atoms with E-state index in [0.717, 1.165) is 125 Å². The van der Waals surface area contributed by atoms with Gasteiger partial charge in [-0.3, -0.25) is 4.79 Å². The van der Waals surface area contributed by atoms with Crippen LogP contribution in [-0.2, 0) is 55.7 Å². The molecule has 0 amide bonds. The van der Waals surface area contributed by atoms with Crippen LogP contribution < -0.4 is 0 Å². The van der Waals surface area contributed by atoms with Crippen molar-refractivity contribution in [3.63, 3.8) is 0 Å². The van der Waals surface area contributed by atoms with Gasteiger partial charge < -0.3 is 14.6 Å². The van der Waals surface area contributed by atoms with Gasteiger partial charge in [-0.05, 0) is 292 Å². The quantitative estimate of drug-likeness (QED) is 0.0805. The average molecular weight is 1750 g/mol. The van der Waals surface area contributed by atoms with Crippen LogP contribution in [0.2, 0.25) is 0 Å². The van der Waals surface area contributed by atoms with Crippen LogP contribution in [0.3, 0.4) is 0 Å². The summed E-state index contributed by atoms with van der Waals surface area (Å²) >= 11 is 0. The molecule has 0 radical (unpaired) electrons. The minimum absolute atomic E-state index is 0.0553. The minimum atomic E-state index is -3.50. The number of aliphatic hydroxyl groups is 2. The van der Waals surface area contributed by atoms with Crippen LogP contribution in [0.25, 0.3) is 11.3 Å². The molecule has 13 atom stereocenters. The zero-order valence-corrected chi connectivity index (χ0v) is 79.5. The standard InChI is InChI=1S/C20H25NO3S.C20H31NO3S.C20H31NO2S.C18H27NO3S.C18H25NO3S/c1-19(2)11-16-12-20(3,13-19)14-21(16)25(22,23)17-8-6-15(7-9-17)18-5-4-10-24-18;1-6-20(5,22)15-7-9-17(10-8-15)25(23,24)21-14-19(4)12-16(21)11-18(2,3)13-19;1-6-15(2)16-7-9-18(10-8-16)24(22,23)21-14-20(5)12-17(21)11-19(3,4)13-20;2*1-13(20)14-5-7-16(8-6-14)23(21,22)19-12-18(4)10-15(19)9-17(2,3)11-18/h4-10,16H,11-14H2,1-3H3;7-10,16,22H,6,11-14H2,1-5H3;7-10,15,17H,6,11-14H2,1-5H3;5-8,13,15,20H,9-12H2,1-4H3;5-8,15H,9-12H2,1-4H3. The Bertz CT molecular complexity index is 5290. The van der Waals surface area contributed by atoms with E-state index >= 15 is 0 Å². The van der Waals surface area contributed by atoms with Crippen LogP contribution >= 0.6 is 0 Å². The summed E-state index contributed by atoms with van der Waals surface area (Å²) in [5, 5.41) is 19.9. The van der Waals surface area contributed by atoms with Crippen molar-refractivity contribution < 1.29 is 61.5 Å². The van der Waals surface area contributed by atoms with Gasteiger partial charge in [0.1, 0.15) is 5.76 Å². The van der Waals surface area contributed by atoms with E-state index in [9.17, 15) is 57.1 Å². The molecule has 24 heteroatoms. The molecule has 662 valence electrons. The van der Waals surface area contributed by atoms with Gasteiger partial charge in [0.2, 0.25) is 50.1 Å². The summed E-state index contributed by atoms with van der Waals surface area (Å²) in [6.07, 6.45) is 17.6. The first-order valence-corrected chi connectivity index (χ1v) is 50.9. The second kappa shape index (κ2) is 33.1. The number of fused-ring (bicyclic) bond motifs is 10. The highest BCUT2D eigenvalue weighted by molar-refractivity contribution is 7.90. The minimum Gasteiger partial charge on any atom is -0.464 e. The number of benzene rings is 5. The third-order valence-corrected chi connectivity index (χ3v) is 37.9. The average Bonchev–Trinajstić information content (AvgIpc) is 1.82. The Balaban J connectivity index is 0.000000138. The smallest absolute Gasteiger partial charge is 0.243 e. The largest absolute Gasteiger partial charge is 0.464 e.